The molecule has 0 amide bonds. The van der Waals surface area contributed by atoms with E-state index in [2.05, 4.69) is 18.2 Å². The SMILES string of the molecule is OC(CCc1cccc2c1OCCC2)C1CC1. The average molecular weight is 232 g/mol. The lowest BCUT2D eigenvalue weighted by atomic mass is 9.98. The molecule has 1 aliphatic carbocycles. The van der Waals surface area contributed by atoms with Crippen LogP contribution in [0.4, 0.5) is 0 Å². The molecular formula is C15H20O2. The number of hydrogen-bond acceptors (Lipinski definition) is 2. The van der Waals surface area contributed by atoms with Gasteiger partial charge in [0.2, 0.25) is 0 Å². The quantitative estimate of drug-likeness (QED) is 0.865. The topological polar surface area (TPSA) is 29.5 Å². The van der Waals surface area contributed by atoms with Gasteiger partial charge in [-0.2, -0.15) is 0 Å². The molecule has 0 saturated heterocycles. The van der Waals surface area contributed by atoms with Crippen LogP contribution in [-0.4, -0.2) is 17.8 Å². The van der Waals surface area contributed by atoms with Gasteiger partial charge in [0, 0.05) is 0 Å². The minimum absolute atomic E-state index is 0.102. The van der Waals surface area contributed by atoms with Crippen LogP contribution >= 0.6 is 0 Å². The molecule has 2 heteroatoms. The predicted molar refractivity (Wildman–Crippen MR) is 67.3 cm³/mol. The van der Waals surface area contributed by atoms with Crippen LogP contribution in [0.2, 0.25) is 0 Å². The molecule has 0 aromatic heterocycles. The Morgan fingerprint density at radius 1 is 1.35 bits per heavy atom. The second-order valence-corrected chi connectivity index (χ2v) is 5.30. The summed E-state index contributed by atoms with van der Waals surface area (Å²) in [6.45, 7) is 0.842. The van der Waals surface area contributed by atoms with Gasteiger partial charge in [-0.3, -0.25) is 0 Å². The Kier molecular flexibility index (Phi) is 3.06. The van der Waals surface area contributed by atoms with Gasteiger partial charge >= 0.3 is 0 Å². The fourth-order valence-corrected chi connectivity index (χ4v) is 2.67. The summed E-state index contributed by atoms with van der Waals surface area (Å²) in [5, 5.41) is 9.91. The second kappa shape index (κ2) is 4.69. The molecule has 0 bridgehead atoms. The van der Waals surface area contributed by atoms with Crippen molar-refractivity contribution in [2.45, 2.75) is 44.6 Å². The molecule has 1 aliphatic heterocycles. The van der Waals surface area contributed by atoms with Crippen molar-refractivity contribution in [3.63, 3.8) is 0 Å². The summed E-state index contributed by atoms with van der Waals surface area (Å²) in [4.78, 5) is 0. The molecule has 2 nitrogen and oxygen atoms in total. The van der Waals surface area contributed by atoms with Gasteiger partial charge in [-0.15, -0.1) is 0 Å². The number of benzene rings is 1. The van der Waals surface area contributed by atoms with Crippen LogP contribution in [-0.2, 0) is 12.8 Å². The molecule has 92 valence electrons. The fourth-order valence-electron chi connectivity index (χ4n) is 2.67. The minimum Gasteiger partial charge on any atom is -0.493 e. The first-order chi connectivity index (χ1) is 8.34. The number of aliphatic hydroxyl groups is 1. The largest absolute Gasteiger partial charge is 0.493 e. The zero-order valence-electron chi connectivity index (χ0n) is 10.2. The molecule has 1 atom stereocenters. The molecule has 17 heavy (non-hydrogen) atoms. The molecule has 1 unspecified atom stereocenters. The molecule has 1 aromatic carbocycles. The minimum atomic E-state index is -0.102. The Balaban J connectivity index is 1.69. The number of fused-ring (bicyclic) bond motifs is 1. The number of aryl methyl sites for hydroxylation is 2. The maximum Gasteiger partial charge on any atom is 0.125 e. The predicted octanol–water partition coefficient (Wildman–Crippen LogP) is 2.72. The monoisotopic (exact) mass is 232 g/mol. The molecule has 1 aromatic rings. The van der Waals surface area contributed by atoms with Crippen molar-refractivity contribution in [3.05, 3.63) is 29.3 Å². The van der Waals surface area contributed by atoms with Crippen LogP contribution in [0.25, 0.3) is 0 Å². The maximum absolute atomic E-state index is 9.91. The molecule has 2 aliphatic rings. The van der Waals surface area contributed by atoms with Gasteiger partial charge in [0.05, 0.1) is 12.7 Å². The highest BCUT2D eigenvalue weighted by Gasteiger charge is 2.29. The van der Waals surface area contributed by atoms with Gasteiger partial charge in [0.15, 0.2) is 0 Å². The summed E-state index contributed by atoms with van der Waals surface area (Å²) in [5.41, 5.74) is 2.62. The third-order valence-electron chi connectivity index (χ3n) is 3.89. The smallest absolute Gasteiger partial charge is 0.125 e. The van der Waals surface area contributed by atoms with Gasteiger partial charge in [-0.05, 0) is 55.6 Å². The van der Waals surface area contributed by atoms with E-state index in [-0.39, 0.29) is 6.10 Å². The van der Waals surface area contributed by atoms with E-state index in [1.54, 1.807) is 0 Å². The normalized spacial score (nSPS) is 20.5. The van der Waals surface area contributed by atoms with Crippen LogP contribution < -0.4 is 4.74 Å². The van der Waals surface area contributed by atoms with Crippen LogP contribution in [0.3, 0.4) is 0 Å². The van der Waals surface area contributed by atoms with E-state index in [4.69, 9.17) is 4.74 Å². The zero-order valence-corrected chi connectivity index (χ0v) is 10.2. The van der Waals surface area contributed by atoms with Crippen molar-refractivity contribution in [2.75, 3.05) is 6.61 Å². The van der Waals surface area contributed by atoms with Crippen LogP contribution in [0.15, 0.2) is 18.2 Å². The van der Waals surface area contributed by atoms with Crippen molar-refractivity contribution >= 4 is 0 Å². The van der Waals surface area contributed by atoms with E-state index < -0.39 is 0 Å². The van der Waals surface area contributed by atoms with Gasteiger partial charge in [-0.1, -0.05) is 18.2 Å². The fraction of sp³-hybridized carbons (Fsp3) is 0.600. The Morgan fingerprint density at radius 3 is 3.06 bits per heavy atom. The van der Waals surface area contributed by atoms with Crippen LogP contribution in [0.1, 0.15) is 36.8 Å². The highest BCUT2D eigenvalue weighted by Crippen LogP contribution is 2.35. The molecule has 1 saturated carbocycles. The Hall–Kier alpha value is -1.02. The number of ether oxygens (including phenoxy) is 1. The third-order valence-corrected chi connectivity index (χ3v) is 3.89. The Labute approximate surface area is 103 Å². The van der Waals surface area contributed by atoms with E-state index in [0.29, 0.717) is 5.92 Å². The van der Waals surface area contributed by atoms with Crippen molar-refractivity contribution in [3.8, 4) is 5.75 Å². The van der Waals surface area contributed by atoms with Crippen molar-refractivity contribution in [1.82, 2.24) is 0 Å². The molecule has 1 heterocycles. The van der Waals surface area contributed by atoms with Crippen molar-refractivity contribution in [2.24, 2.45) is 5.92 Å². The number of rotatable bonds is 4. The summed E-state index contributed by atoms with van der Waals surface area (Å²) in [5.74, 6) is 1.68. The zero-order chi connectivity index (χ0) is 11.7. The standard InChI is InChI=1S/C15H20O2/c16-14(11-6-7-11)9-8-13-4-1-3-12-5-2-10-17-15(12)13/h1,3-4,11,14,16H,2,5-10H2. The van der Waals surface area contributed by atoms with Gasteiger partial charge in [0.1, 0.15) is 5.75 Å². The summed E-state index contributed by atoms with van der Waals surface area (Å²) in [6, 6.07) is 6.42. The Morgan fingerprint density at radius 2 is 2.24 bits per heavy atom. The Bertz CT molecular complexity index is 396. The first kappa shape index (κ1) is 11.1. The molecule has 1 N–H and O–H groups in total. The van der Waals surface area contributed by atoms with Gasteiger partial charge in [-0.25, -0.2) is 0 Å². The molecule has 0 spiro atoms. The van der Waals surface area contributed by atoms with Gasteiger partial charge in [0.25, 0.3) is 0 Å². The summed E-state index contributed by atoms with van der Waals surface area (Å²) < 4.78 is 5.78. The van der Waals surface area contributed by atoms with E-state index in [1.165, 1.54) is 24.0 Å². The first-order valence-corrected chi connectivity index (χ1v) is 6.76. The maximum atomic E-state index is 9.91. The summed E-state index contributed by atoms with van der Waals surface area (Å²) in [7, 11) is 0. The van der Waals surface area contributed by atoms with Gasteiger partial charge < -0.3 is 9.84 Å². The van der Waals surface area contributed by atoms with E-state index in [1.807, 2.05) is 0 Å². The van der Waals surface area contributed by atoms with E-state index in [0.717, 1.165) is 38.0 Å². The van der Waals surface area contributed by atoms with Crippen molar-refractivity contribution < 1.29 is 9.84 Å². The van der Waals surface area contributed by atoms with E-state index >= 15 is 0 Å². The summed E-state index contributed by atoms with van der Waals surface area (Å²) >= 11 is 0. The van der Waals surface area contributed by atoms with Crippen LogP contribution in [0, 0.1) is 5.92 Å². The lowest BCUT2D eigenvalue weighted by Gasteiger charge is -2.20. The summed E-state index contributed by atoms with van der Waals surface area (Å²) in [6.07, 6.45) is 6.41. The van der Waals surface area contributed by atoms with Crippen molar-refractivity contribution in [1.29, 1.82) is 0 Å². The third kappa shape index (κ3) is 2.47. The highest BCUT2D eigenvalue weighted by atomic mass is 16.5. The lowest BCUT2D eigenvalue weighted by molar-refractivity contribution is 0.141. The number of hydrogen-bond donors (Lipinski definition) is 1. The average Bonchev–Trinajstić information content (AvgIpc) is 3.20. The molecular weight excluding hydrogens is 212 g/mol. The van der Waals surface area contributed by atoms with Crippen LogP contribution in [0.5, 0.6) is 5.75 Å². The molecule has 3 rings (SSSR count). The molecule has 0 radical (unpaired) electrons. The van der Waals surface area contributed by atoms with E-state index in [9.17, 15) is 5.11 Å². The second-order valence-electron chi connectivity index (χ2n) is 5.30. The highest BCUT2D eigenvalue weighted by molar-refractivity contribution is 5.42. The molecule has 1 fully saturated rings. The number of para-hydroxylation sites is 1. The first-order valence-electron chi connectivity index (χ1n) is 6.76. The lowest BCUT2D eigenvalue weighted by Crippen LogP contribution is -2.13. The number of aliphatic hydroxyl groups excluding tert-OH is 1.